The van der Waals surface area contributed by atoms with E-state index in [9.17, 15) is 4.79 Å². The molecular formula is C26H33N3O2S2. The lowest BCUT2D eigenvalue weighted by Crippen LogP contribution is -2.39. The highest BCUT2D eigenvalue weighted by Gasteiger charge is 2.21. The molecule has 0 atom stereocenters. The minimum Gasteiger partial charge on any atom is -0.379 e. The first-order valence-corrected chi connectivity index (χ1v) is 13.5. The van der Waals surface area contributed by atoms with Crippen molar-refractivity contribution >= 4 is 44.4 Å². The zero-order chi connectivity index (χ0) is 23.2. The summed E-state index contributed by atoms with van der Waals surface area (Å²) in [6.07, 6.45) is 1.44. The molecule has 2 heterocycles. The fraction of sp³-hybridized carbons (Fsp3) is 0.462. The number of hydrogen-bond acceptors (Lipinski definition) is 6. The van der Waals surface area contributed by atoms with Crippen LogP contribution < -0.4 is 4.90 Å². The van der Waals surface area contributed by atoms with E-state index in [1.54, 1.807) is 23.1 Å². The van der Waals surface area contributed by atoms with Gasteiger partial charge in [0.15, 0.2) is 5.13 Å². The fourth-order valence-corrected chi connectivity index (χ4v) is 5.99. The summed E-state index contributed by atoms with van der Waals surface area (Å²) in [5.41, 5.74) is 4.65. The molecule has 5 nitrogen and oxygen atoms in total. The van der Waals surface area contributed by atoms with Gasteiger partial charge in [0, 0.05) is 43.2 Å². The maximum atomic E-state index is 13.4. The zero-order valence-corrected chi connectivity index (χ0v) is 21.4. The summed E-state index contributed by atoms with van der Waals surface area (Å²) in [6.45, 7) is 11.5. The van der Waals surface area contributed by atoms with E-state index < -0.39 is 0 Å². The van der Waals surface area contributed by atoms with Crippen LogP contribution in [0.2, 0.25) is 0 Å². The highest BCUT2D eigenvalue weighted by atomic mass is 32.2. The van der Waals surface area contributed by atoms with E-state index in [-0.39, 0.29) is 5.91 Å². The van der Waals surface area contributed by atoms with Crippen molar-refractivity contribution in [2.24, 2.45) is 0 Å². The van der Waals surface area contributed by atoms with Crippen LogP contribution in [0.5, 0.6) is 0 Å². The van der Waals surface area contributed by atoms with Crippen LogP contribution in [-0.4, -0.2) is 60.9 Å². The number of hydrogen-bond donors (Lipinski definition) is 0. The number of nitrogens with zero attached hydrogens (tertiary/aromatic N) is 3. The van der Waals surface area contributed by atoms with Crippen molar-refractivity contribution in [2.45, 2.75) is 38.5 Å². The van der Waals surface area contributed by atoms with Crippen LogP contribution in [0.4, 0.5) is 5.13 Å². The molecule has 2 aromatic carbocycles. The number of thiazole rings is 1. The molecule has 0 spiro atoms. The predicted octanol–water partition coefficient (Wildman–Crippen LogP) is 5.46. The Morgan fingerprint density at radius 1 is 1.09 bits per heavy atom. The van der Waals surface area contributed by atoms with Gasteiger partial charge in [0.2, 0.25) is 5.91 Å². The number of fused-ring (bicyclic) bond motifs is 1. The van der Waals surface area contributed by atoms with Crippen molar-refractivity contribution in [3.63, 3.8) is 0 Å². The number of carbonyl (C=O) groups is 1. The quantitative estimate of drug-likeness (QED) is 0.378. The average Bonchev–Trinajstić information content (AvgIpc) is 3.27. The van der Waals surface area contributed by atoms with Gasteiger partial charge in [-0.15, -0.1) is 11.8 Å². The lowest BCUT2D eigenvalue weighted by Gasteiger charge is -2.27. The maximum Gasteiger partial charge on any atom is 0.229 e. The van der Waals surface area contributed by atoms with Gasteiger partial charge in [-0.3, -0.25) is 14.6 Å². The second-order valence-corrected chi connectivity index (χ2v) is 10.8. The van der Waals surface area contributed by atoms with Gasteiger partial charge >= 0.3 is 0 Å². The summed E-state index contributed by atoms with van der Waals surface area (Å²) in [7, 11) is 0. The van der Waals surface area contributed by atoms with Crippen molar-refractivity contribution < 1.29 is 9.53 Å². The number of thioether (sulfide) groups is 1. The Labute approximate surface area is 205 Å². The third-order valence-corrected chi connectivity index (χ3v) is 8.26. The number of rotatable bonds is 9. The monoisotopic (exact) mass is 483 g/mol. The van der Waals surface area contributed by atoms with Crippen LogP contribution in [0.25, 0.3) is 10.2 Å². The summed E-state index contributed by atoms with van der Waals surface area (Å²) < 4.78 is 6.65. The number of ether oxygens (including phenoxy) is 1. The van der Waals surface area contributed by atoms with E-state index in [1.807, 2.05) is 4.90 Å². The molecule has 0 unspecified atom stereocenters. The molecule has 1 aromatic heterocycles. The molecule has 0 N–H and O–H groups in total. The van der Waals surface area contributed by atoms with E-state index in [2.05, 4.69) is 62.1 Å². The third kappa shape index (κ3) is 6.35. The van der Waals surface area contributed by atoms with Crippen molar-refractivity contribution in [2.75, 3.05) is 50.0 Å². The molecule has 0 bridgehead atoms. The molecule has 1 amide bonds. The molecule has 3 aromatic rings. The van der Waals surface area contributed by atoms with Gasteiger partial charge in [0.05, 0.1) is 23.4 Å². The van der Waals surface area contributed by atoms with Crippen LogP contribution >= 0.6 is 23.1 Å². The topological polar surface area (TPSA) is 45.7 Å². The van der Waals surface area contributed by atoms with Crippen LogP contribution in [0.3, 0.4) is 0 Å². The summed E-state index contributed by atoms with van der Waals surface area (Å²) >= 11 is 3.39. The Kier molecular flexibility index (Phi) is 8.41. The number of anilines is 1. The predicted molar refractivity (Wildman–Crippen MR) is 140 cm³/mol. The maximum absolute atomic E-state index is 13.4. The number of benzene rings is 2. The van der Waals surface area contributed by atoms with E-state index in [0.29, 0.717) is 13.0 Å². The molecule has 176 valence electrons. The number of amides is 1. The number of aromatic nitrogens is 1. The highest BCUT2D eigenvalue weighted by molar-refractivity contribution is 7.99. The van der Waals surface area contributed by atoms with Crippen LogP contribution in [0.15, 0.2) is 41.3 Å². The van der Waals surface area contributed by atoms with Gasteiger partial charge in [-0.25, -0.2) is 4.98 Å². The second kappa shape index (κ2) is 11.5. The van der Waals surface area contributed by atoms with E-state index >= 15 is 0 Å². The first-order chi connectivity index (χ1) is 16.0. The van der Waals surface area contributed by atoms with Crippen molar-refractivity contribution in [1.82, 2.24) is 9.88 Å². The molecule has 1 fully saturated rings. The molecule has 4 rings (SSSR count). The zero-order valence-electron chi connectivity index (χ0n) is 19.8. The second-order valence-electron chi connectivity index (χ2n) is 8.64. The summed E-state index contributed by atoms with van der Waals surface area (Å²) in [6, 6.07) is 12.8. The van der Waals surface area contributed by atoms with Gasteiger partial charge in [0.1, 0.15) is 0 Å². The normalized spacial score (nSPS) is 14.6. The number of carbonyl (C=O) groups excluding carboxylic acids is 1. The van der Waals surface area contributed by atoms with Crippen LogP contribution in [0, 0.1) is 20.8 Å². The van der Waals surface area contributed by atoms with Gasteiger partial charge in [-0.1, -0.05) is 41.2 Å². The molecule has 0 aliphatic carbocycles. The van der Waals surface area contributed by atoms with E-state index in [4.69, 9.17) is 9.72 Å². The van der Waals surface area contributed by atoms with Crippen LogP contribution in [0.1, 0.15) is 29.5 Å². The van der Waals surface area contributed by atoms with Crippen molar-refractivity contribution in [3.8, 4) is 0 Å². The van der Waals surface area contributed by atoms with Crippen LogP contribution in [-0.2, 0) is 9.53 Å². The molecular weight excluding hydrogens is 450 g/mol. The molecule has 1 aliphatic heterocycles. The third-order valence-electron chi connectivity index (χ3n) is 6.03. The summed E-state index contributed by atoms with van der Waals surface area (Å²) in [4.78, 5) is 23.8. The standard InChI is InChI=1S/C26H33N3O2S2/c1-19-5-9-22(10-6-19)32-18-11-23(30)29(13-4-12-28-14-16-31-17-15-28)26-27-24-20(2)7-8-21(3)25(24)33-26/h5-10H,4,11-18H2,1-3H3. The average molecular weight is 484 g/mol. The number of aryl methyl sites for hydroxylation is 3. The SMILES string of the molecule is Cc1ccc(SCCC(=O)N(CCCN2CCOCC2)c2nc3c(C)ccc(C)c3s2)cc1. The van der Waals surface area contributed by atoms with Gasteiger partial charge in [-0.05, 0) is 50.5 Å². The lowest BCUT2D eigenvalue weighted by atomic mass is 10.1. The first-order valence-electron chi connectivity index (χ1n) is 11.7. The Balaban J connectivity index is 1.45. The van der Waals surface area contributed by atoms with Gasteiger partial charge < -0.3 is 4.74 Å². The first kappa shape index (κ1) is 24.2. The minimum atomic E-state index is 0.158. The molecule has 33 heavy (non-hydrogen) atoms. The Bertz CT molecular complexity index is 1040. The Hall–Kier alpha value is -1.93. The fourth-order valence-electron chi connectivity index (χ4n) is 3.99. The highest BCUT2D eigenvalue weighted by Crippen LogP contribution is 2.33. The largest absolute Gasteiger partial charge is 0.379 e. The van der Waals surface area contributed by atoms with Gasteiger partial charge in [-0.2, -0.15) is 0 Å². The Morgan fingerprint density at radius 3 is 2.55 bits per heavy atom. The summed E-state index contributed by atoms with van der Waals surface area (Å²) in [5.74, 6) is 0.927. The van der Waals surface area contributed by atoms with Gasteiger partial charge in [0.25, 0.3) is 0 Å². The number of morpholine rings is 1. The molecule has 0 saturated carbocycles. The smallest absolute Gasteiger partial charge is 0.229 e. The summed E-state index contributed by atoms with van der Waals surface area (Å²) in [5, 5.41) is 0.828. The molecule has 7 heteroatoms. The molecule has 0 radical (unpaired) electrons. The van der Waals surface area contributed by atoms with E-state index in [0.717, 1.165) is 61.2 Å². The lowest BCUT2D eigenvalue weighted by molar-refractivity contribution is -0.118. The minimum absolute atomic E-state index is 0.158. The molecule has 1 aliphatic rings. The van der Waals surface area contributed by atoms with Crippen molar-refractivity contribution in [3.05, 3.63) is 53.1 Å². The van der Waals surface area contributed by atoms with E-state index in [1.165, 1.54) is 20.7 Å². The van der Waals surface area contributed by atoms with Crippen molar-refractivity contribution in [1.29, 1.82) is 0 Å². The molecule has 1 saturated heterocycles. The Morgan fingerprint density at radius 2 is 1.82 bits per heavy atom.